The Morgan fingerprint density at radius 1 is 0.862 bits per heavy atom. The van der Waals surface area contributed by atoms with Gasteiger partial charge in [0, 0.05) is 13.6 Å². The van der Waals surface area contributed by atoms with E-state index in [2.05, 4.69) is 58.9 Å². The van der Waals surface area contributed by atoms with Crippen LogP contribution in [0.15, 0.2) is 23.9 Å². The maximum absolute atomic E-state index is 8.77. The summed E-state index contributed by atoms with van der Waals surface area (Å²) in [6.45, 7) is 20.5. The minimum atomic E-state index is -2.38. The lowest BCUT2D eigenvalue weighted by Crippen LogP contribution is -2.56. The van der Waals surface area contributed by atoms with E-state index in [1.807, 2.05) is 30.3 Å². The van der Waals surface area contributed by atoms with Crippen LogP contribution in [0, 0.1) is 22.7 Å². The topological polar surface area (TPSA) is 78.5 Å². The predicted octanol–water partition coefficient (Wildman–Crippen LogP) is 5.29. The van der Waals surface area contributed by atoms with Crippen molar-refractivity contribution in [3.8, 4) is 12.1 Å². The highest BCUT2D eigenvalue weighted by Gasteiger charge is 2.44. The summed E-state index contributed by atoms with van der Waals surface area (Å²) in [5, 5.41) is 17.5. The Kier molecular flexibility index (Phi) is 11.0. The van der Waals surface area contributed by atoms with E-state index in [4.69, 9.17) is 22.9 Å². The molecule has 10 heteroatoms. The first-order chi connectivity index (χ1) is 13.0. The van der Waals surface area contributed by atoms with Crippen LogP contribution >= 0.6 is 0 Å². The fourth-order valence-electron chi connectivity index (χ4n) is 3.16. The third-order valence-electron chi connectivity index (χ3n) is 3.52. The zero-order chi connectivity index (χ0) is 22.9. The van der Waals surface area contributed by atoms with Gasteiger partial charge < -0.3 is 17.2 Å². The van der Waals surface area contributed by atoms with Crippen LogP contribution in [0.1, 0.15) is 6.42 Å². The monoisotopic (exact) mass is 469 g/mol. The number of hydrogen-bond acceptors (Lipinski definition) is 6. The lowest BCUT2D eigenvalue weighted by atomic mass is 10.3. The summed E-state index contributed by atoms with van der Waals surface area (Å²) >= 11 is 0. The molecule has 0 aliphatic rings. The molecule has 0 aromatic rings. The molecule has 164 valence electrons. The molecule has 0 saturated carbocycles. The molecule has 29 heavy (non-hydrogen) atoms. The molecule has 1 atom stereocenters. The van der Waals surface area contributed by atoms with E-state index < -0.39 is 33.8 Å². The fourth-order valence-corrected chi connectivity index (χ4v) is 21.1. The van der Waals surface area contributed by atoms with E-state index >= 15 is 0 Å². The number of rotatable bonds is 12. The van der Waals surface area contributed by atoms with Crippen LogP contribution < -0.4 is 0 Å². The van der Waals surface area contributed by atoms with Gasteiger partial charge in [-0.3, -0.25) is 0 Å². The maximum Gasteiger partial charge on any atom is 0.315 e. The van der Waals surface area contributed by atoms with Crippen molar-refractivity contribution in [2.75, 3.05) is 13.6 Å². The van der Waals surface area contributed by atoms with Crippen LogP contribution in [-0.2, 0) is 12.3 Å². The molecule has 0 aliphatic heterocycles. The highest BCUT2D eigenvalue weighted by molar-refractivity contribution is 6.89. The lowest BCUT2D eigenvalue weighted by Gasteiger charge is -2.41. The quantitative estimate of drug-likeness (QED) is 0.219. The second kappa shape index (κ2) is 11.4. The first kappa shape index (κ1) is 28.0. The Morgan fingerprint density at radius 3 is 1.83 bits per heavy atom. The van der Waals surface area contributed by atoms with Crippen molar-refractivity contribution in [3.63, 3.8) is 0 Å². The molecular formula is C19H39N3O3Si4. The highest BCUT2D eigenvalue weighted by Crippen LogP contribution is 2.27. The van der Waals surface area contributed by atoms with Crippen LogP contribution in [0.25, 0.3) is 0 Å². The van der Waals surface area contributed by atoms with Crippen LogP contribution in [0.5, 0.6) is 0 Å². The molecule has 0 saturated heterocycles. The summed E-state index contributed by atoms with van der Waals surface area (Å²) in [4.78, 5) is 2.05. The molecule has 0 heterocycles. The number of nitrogens with zero attached hydrogens (tertiary/aromatic N) is 3. The Bertz CT molecular complexity index is 654. The van der Waals surface area contributed by atoms with Gasteiger partial charge in [-0.1, -0.05) is 0 Å². The van der Waals surface area contributed by atoms with E-state index in [1.54, 1.807) is 6.08 Å². The van der Waals surface area contributed by atoms with Gasteiger partial charge in [-0.15, -0.1) is 0 Å². The van der Waals surface area contributed by atoms with E-state index in [-0.39, 0.29) is 5.57 Å². The molecule has 6 nitrogen and oxygen atoms in total. The largest absolute Gasteiger partial charge is 0.437 e. The van der Waals surface area contributed by atoms with Gasteiger partial charge in [-0.2, -0.15) is 10.5 Å². The number of hydrogen-bond donors (Lipinski definition) is 0. The summed E-state index contributed by atoms with van der Waals surface area (Å²) < 4.78 is 19.7. The molecule has 0 rings (SSSR count). The molecule has 0 fully saturated rings. The van der Waals surface area contributed by atoms with Gasteiger partial charge in [0.2, 0.25) is 0 Å². The zero-order valence-corrected chi connectivity index (χ0v) is 23.9. The number of allylic oxidation sites excluding steroid dienone is 3. The fraction of sp³-hybridized carbons (Fsp3) is 0.684. The molecule has 0 bridgehead atoms. The molecule has 0 aliphatic carbocycles. The minimum Gasteiger partial charge on any atom is -0.437 e. The SMILES string of the molecule is CN(C=CC=C(C#N)C#N)CCC[Si](C)(O[Si](C)(C)C)O[Si](C)(C)O[Si](C)(C)C. The van der Waals surface area contributed by atoms with Crippen LogP contribution in [0.3, 0.4) is 0 Å². The first-order valence-corrected chi connectivity index (χ1v) is 22.2. The molecular weight excluding hydrogens is 431 g/mol. The second-order valence-corrected chi connectivity index (χ2v) is 26.3. The van der Waals surface area contributed by atoms with E-state index in [0.29, 0.717) is 0 Å². The van der Waals surface area contributed by atoms with Crippen LogP contribution in [-0.4, -0.2) is 52.2 Å². The van der Waals surface area contributed by atoms with Crippen LogP contribution in [0.4, 0.5) is 0 Å². The van der Waals surface area contributed by atoms with Gasteiger partial charge in [0.25, 0.3) is 0 Å². The predicted molar refractivity (Wildman–Crippen MR) is 130 cm³/mol. The molecule has 0 N–H and O–H groups in total. The third-order valence-corrected chi connectivity index (χ3v) is 17.1. The van der Waals surface area contributed by atoms with E-state index in [0.717, 1.165) is 19.0 Å². The standard InChI is InChI=1S/C19H39N3O3Si4/c1-22(14-11-13-19(17-20)18-21)15-12-16-29(10,24-27(5,6)7)25-28(8,9)23-26(2,3)4/h11,13-14H,12,15-16H2,1-10H3. The van der Waals surface area contributed by atoms with Crippen molar-refractivity contribution in [1.29, 1.82) is 10.5 Å². The zero-order valence-electron chi connectivity index (χ0n) is 19.9. The third kappa shape index (κ3) is 14.6. The van der Waals surface area contributed by atoms with Gasteiger partial charge in [0.05, 0.1) is 0 Å². The smallest absolute Gasteiger partial charge is 0.315 e. The summed E-state index contributed by atoms with van der Waals surface area (Å²) in [7, 11) is -6.10. The van der Waals surface area contributed by atoms with E-state index in [1.165, 1.54) is 6.08 Å². The Morgan fingerprint density at radius 2 is 1.38 bits per heavy atom. The Hall–Kier alpha value is -0.992. The molecule has 0 aromatic carbocycles. The van der Waals surface area contributed by atoms with Crippen molar-refractivity contribution < 1.29 is 12.3 Å². The van der Waals surface area contributed by atoms with Gasteiger partial charge in [-0.25, -0.2) is 0 Å². The Balaban J connectivity index is 5.05. The minimum absolute atomic E-state index is 0.0983. The summed E-state index contributed by atoms with van der Waals surface area (Å²) in [6, 6.07) is 4.60. The van der Waals surface area contributed by atoms with Crippen molar-refractivity contribution in [2.45, 2.75) is 71.4 Å². The van der Waals surface area contributed by atoms with Gasteiger partial charge in [-0.05, 0) is 89.7 Å². The average molecular weight is 470 g/mol. The Labute approximate surface area is 182 Å². The van der Waals surface area contributed by atoms with Gasteiger partial charge in [0.1, 0.15) is 17.7 Å². The summed E-state index contributed by atoms with van der Waals surface area (Å²) in [5.74, 6) is 0. The highest BCUT2D eigenvalue weighted by atomic mass is 28.5. The molecule has 0 amide bonds. The maximum atomic E-state index is 8.77. The molecule has 0 spiro atoms. The lowest BCUT2D eigenvalue weighted by molar-refractivity contribution is 0.319. The summed E-state index contributed by atoms with van der Waals surface area (Å²) in [5.41, 5.74) is 0.0983. The van der Waals surface area contributed by atoms with Gasteiger partial charge >= 0.3 is 17.1 Å². The van der Waals surface area contributed by atoms with Crippen molar-refractivity contribution in [1.82, 2.24) is 4.90 Å². The summed E-state index contributed by atoms with van der Waals surface area (Å²) in [6.07, 6.45) is 6.07. The van der Waals surface area contributed by atoms with Gasteiger partial charge in [0.15, 0.2) is 16.6 Å². The first-order valence-electron chi connectivity index (χ1n) is 10.0. The second-order valence-electron chi connectivity index (χ2n) is 9.79. The van der Waals surface area contributed by atoms with Crippen LogP contribution in [0.2, 0.25) is 65.0 Å². The molecule has 0 aromatic heterocycles. The average Bonchev–Trinajstić information content (AvgIpc) is 2.46. The van der Waals surface area contributed by atoms with E-state index in [9.17, 15) is 0 Å². The van der Waals surface area contributed by atoms with Crippen molar-refractivity contribution >= 4 is 33.8 Å². The normalized spacial score (nSPS) is 14.8. The number of nitriles is 2. The molecule has 1 unspecified atom stereocenters. The molecule has 0 radical (unpaired) electrons. The van der Waals surface area contributed by atoms with Crippen molar-refractivity contribution in [3.05, 3.63) is 23.9 Å². The van der Waals surface area contributed by atoms with Crippen molar-refractivity contribution in [2.24, 2.45) is 0 Å².